The lowest BCUT2D eigenvalue weighted by Gasteiger charge is -2.17. The summed E-state index contributed by atoms with van der Waals surface area (Å²) in [5, 5.41) is 8.37. The molecule has 5 nitrogen and oxygen atoms in total. The number of benzene rings is 1. The summed E-state index contributed by atoms with van der Waals surface area (Å²) in [6, 6.07) is 9.96. The molecular formula is C17H20N4O. The summed E-state index contributed by atoms with van der Waals surface area (Å²) in [6.07, 6.45) is 4.87. The maximum Gasteiger partial charge on any atom is 0.225 e. The number of para-hydroxylation sites is 1. The molecule has 0 bridgehead atoms. The maximum atomic E-state index is 12.4. The normalized spacial score (nSPS) is 12.5. The Morgan fingerprint density at radius 3 is 2.91 bits per heavy atom. The second kappa shape index (κ2) is 6.05. The molecule has 2 N–H and O–H groups in total. The molecule has 0 saturated carbocycles. The fraction of sp³-hybridized carbons (Fsp3) is 0.294. The predicted octanol–water partition coefficient (Wildman–Crippen LogP) is 2.71. The van der Waals surface area contributed by atoms with E-state index in [4.69, 9.17) is 0 Å². The Morgan fingerprint density at radius 1 is 1.36 bits per heavy atom. The van der Waals surface area contributed by atoms with Crippen LogP contribution < -0.4 is 5.32 Å². The van der Waals surface area contributed by atoms with Gasteiger partial charge in [-0.25, -0.2) is 0 Å². The highest BCUT2D eigenvalue weighted by molar-refractivity contribution is 5.88. The van der Waals surface area contributed by atoms with E-state index in [0.29, 0.717) is 6.42 Å². The van der Waals surface area contributed by atoms with Crippen LogP contribution >= 0.6 is 0 Å². The van der Waals surface area contributed by atoms with Crippen LogP contribution in [0, 0.1) is 0 Å². The van der Waals surface area contributed by atoms with Crippen molar-refractivity contribution in [3.63, 3.8) is 0 Å². The summed E-state index contributed by atoms with van der Waals surface area (Å²) >= 11 is 0. The Kier molecular flexibility index (Phi) is 3.96. The van der Waals surface area contributed by atoms with Gasteiger partial charge in [0.1, 0.15) is 0 Å². The molecule has 3 aromatic rings. The highest BCUT2D eigenvalue weighted by Crippen LogP contribution is 2.19. The summed E-state index contributed by atoms with van der Waals surface area (Å²) in [4.78, 5) is 15.6. The lowest BCUT2D eigenvalue weighted by molar-refractivity contribution is -0.121. The van der Waals surface area contributed by atoms with Gasteiger partial charge in [0.25, 0.3) is 0 Å². The van der Waals surface area contributed by atoms with E-state index in [-0.39, 0.29) is 11.9 Å². The molecule has 0 aliphatic rings. The van der Waals surface area contributed by atoms with Crippen LogP contribution in [0.15, 0.2) is 42.7 Å². The van der Waals surface area contributed by atoms with Crippen LogP contribution in [0.4, 0.5) is 0 Å². The van der Waals surface area contributed by atoms with E-state index in [9.17, 15) is 4.79 Å². The summed E-state index contributed by atoms with van der Waals surface area (Å²) in [5.74, 6) is 0.0257. The number of amides is 1. The Morgan fingerprint density at radius 2 is 2.18 bits per heavy atom. The van der Waals surface area contributed by atoms with Gasteiger partial charge >= 0.3 is 0 Å². The minimum atomic E-state index is -0.00907. The smallest absolute Gasteiger partial charge is 0.225 e. The second-order valence-electron chi connectivity index (χ2n) is 5.44. The van der Waals surface area contributed by atoms with Crippen LogP contribution in [0.5, 0.6) is 0 Å². The number of aryl methyl sites for hydroxylation is 1. The van der Waals surface area contributed by atoms with Gasteiger partial charge in [-0.05, 0) is 24.1 Å². The third-order valence-electron chi connectivity index (χ3n) is 3.99. The van der Waals surface area contributed by atoms with Gasteiger partial charge in [0.05, 0.1) is 18.2 Å². The van der Waals surface area contributed by atoms with Gasteiger partial charge in [0.15, 0.2) is 0 Å². The number of nitrogens with one attached hydrogen (secondary N) is 2. The largest absolute Gasteiger partial charge is 0.361 e. The van der Waals surface area contributed by atoms with Crippen molar-refractivity contribution < 1.29 is 4.79 Å². The fourth-order valence-corrected chi connectivity index (χ4v) is 2.81. The third kappa shape index (κ3) is 2.74. The zero-order valence-electron chi connectivity index (χ0n) is 12.8. The first kappa shape index (κ1) is 14.4. The van der Waals surface area contributed by atoms with E-state index >= 15 is 0 Å². The molecule has 0 fully saturated rings. The summed E-state index contributed by atoms with van der Waals surface area (Å²) < 4.78 is 1.81. The average Bonchev–Trinajstić information content (AvgIpc) is 3.12. The molecule has 0 radical (unpaired) electrons. The minimum absolute atomic E-state index is 0.00907. The van der Waals surface area contributed by atoms with Gasteiger partial charge in [-0.3, -0.25) is 9.48 Å². The zero-order chi connectivity index (χ0) is 15.5. The number of fused-ring (bicyclic) bond motifs is 1. The standard InChI is InChI=1S/C17H20N4O/c1-3-14(16-8-9-19-21(16)2)20-17(22)10-12-11-18-15-7-5-4-6-13(12)15/h4-9,11,14,18H,3,10H2,1-2H3,(H,20,22)/t14-/m0/s1. The van der Waals surface area contributed by atoms with Crippen molar-refractivity contribution in [1.29, 1.82) is 0 Å². The monoisotopic (exact) mass is 296 g/mol. The molecule has 0 aliphatic heterocycles. The van der Waals surface area contributed by atoms with Crippen LogP contribution in [-0.2, 0) is 18.3 Å². The number of H-pyrrole nitrogens is 1. The van der Waals surface area contributed by atoms with Crippen molar-refractivity contribution in [3.8, 4) is 0 Å². The van der Waals surface area contributed by atoms with Crippen molar-refractivity contribution in [2.45, 2.75) is 25.8 Å². The summed E-state index contributed by atoms with van der Waals surface area (Å²) in [6.45, 7) is 2.06. The number of aromatic amines is 1. The molecule has 1 amide bonds. The molecule has 2 aromatic heterocycles. The predicted molar refractivity (Wildman–Crippen MR) is 86.4 cm³/mol. The third-order valence-corrected chi connectivity index (χ3v) is 3.99. The van der Waals surface area contributed by atoms with Gasteiger partial charge in [-0.15, -0.1) is 0 Å². The summed E-state index contributed by atoms with van der Waals surface area (Å²) in [5.41, 5.74) is 3.10. The molecule has 5 heteroatoms. The molecule has 0 spiro atoms. The number of aromatic nitrogens is 3. The lowest BCUT2D eigenvalue weighted by atomic mass is 10.1. The van der Waals surface area contributed by atoms with Gasteiger partial charge < -0.3 is 10.3 Å². The van der Waals surface area contributed by atoms with E-state index in [1.807, 2.05) is 43.6 Å². The topological polar surface area (TPSA) is 62.7 Å². The fourth-order valence-electron chi connectivity index (χ4n) is 2.81. The van der Waals surface area contributed by atoms with Gasteiger partial charge in [0, 0.05) is 30.3 Å². The molecule has 0 saturated heterocycles. The van der Waals surface area contributed by atoms with Gasteiger partial charge in [0.2, 0.25) is 5.91 Å². The molecule has 22 heavy (non-hydrogen) atoms. The molecular weight excluding hydrogens is 276 g/mol. The molecule has 114 valence electrons. The van der Waals surface area contributed by atoms with E-state index in [1.165, 1.54) is 0 Å². The molecule has 0 unspecified atom stereocenters. The highest BCUT2D eigenvalue weighted by atomic mass is 16.1. The van der Waals surface area contributed by atoms with Crippen LogP contribution in [-0.4, -0.2) is 20.7 Å². The van der Waals surface area contributed by atoms with Crippen LogP contribution in [0.1, 0.15) is 30.6 Å². The second-order valence-corrected chi connectivity index (χ2v) is 5.44. The molecule has 0 aliphatic carbocycles. The van der Waals surface area contributed by atoms with Gasteiger partial charge in [-0.1, -0.05) is 25.1 Å². The first-order valence-corrected chi connectivity index (χ1v) is 7.51. The highest BCUT2D eigenvalue weighted by Gasteiger charge is 2.16. The van der Waals surface area contributed by atoms with Crippen LogP contribution in [0.25, 0.3) is 10.9 Å². The average molecular weight is 296 g/mol. The quantitative estimate of drug-likeness (QED) is 0.760. The number of nitrogens with zero attached hydrogens (tertiary/aromatic N) is 2. The van der Waals surface area contributed by atoms with Crippen molar-refractivity contribution in [2.24, 2.45) is 7.05 Å². The van der Waals surface area contributed by atoms with Crippen molar-refractivity contribution in [3.05, 3.63) is 54.0 Å². The van der Waals surface area contributed by atoms with Crippen molar-refractivity contribution in [1.82, 2.24) is 20.1 Å². The van der Waals surface area contributed by atoms with E-state index in [2.05, 4.69) is 22.3 Å². The Balaban J connectivity index is 1.73. The first-order chi connectivity index (χ1) is 10.7. The Hall–Kier alpha value is -2.56. The number of carbonyl (C=O) groups is 1. The number of carbonyl (C=O) groups excluding carboxylic acids is 1. The van der Waals surface area contributed by atoms with Crippen molar-refractivity contribution >= 4 is 16.8 Å². The Bertz CT molecular complexity index is 787. The van der Waals surface area contributed by atoms with Crippen molar-refractivity contribution in [2.75, 3.05) is 0 Å². The molecule has 1 aromatic carbocycles. The van der Waals surface area contributed by atoms with Gasteiger partial charge in [-0.2, -0.15) is 5.10 Å². The van der Waals surface area contributed by atoms with E-state index < -0.39 is 0 Å². The number of hydrogen-bond acceptors (Lipinski definition) is 2. The first-order valence-electron chi connectivity index (χ1n) is 7.51. The number of hydrogen-bond donors (Lipinski definition) is 2. The van der Waals surface area contributed by atoms with E-state index in [0.717, 1.165) is 28.6 Å². The summed E-state index contributed by atoms with van der Waals surface area (Å²) in [7, 11) is 1.89. The van der Waals surface area contributed by atoms with Crippen LogP contribution in [0.3, 0.4) is 0 Å². The molecule has 2 heterocycles. The SMILES string of the molecule is CC[C@H](NC(=O)Cc1c[nH]c2ccccc12)c1ccnn1C. The number of rotatable bonds is 5. The minimum Gasteiger partial charge on any atom is -0.361 e. The Labute approximate surface area is 129 Å². The molecule has 1 atom stereocenters. The maximum absolute atomic E-state index is 12.4. The zero-order valence-corrected chi connectivity index (χ0v) is 12.8. The molecule has 3 rings (SSSR count). The van der Waals surface area contributed by atoms with E-state index in [1.54, 1.807) is 10.9 Å². The van der Waals surface area contributed by atoms with Crippen LogP contribution in [0.2, 0.25) is 0 Å². The lowest BCUT2D eigenvalue weighted by Crippen LogP contribution is -2.30.